The molecule has 25 heavy (non-hydrogen) atoms. The van der Waals surface area contributed by atoms with Crippen LogP contribution in [0, 0.1) is 10.7 Å². The lowest BCUT2D eigenvalue weighted by Crippen LogP contribution is -2.14. The third kappa shape index (κ3) is 4.45. The van der Waals surface area contributed by atoms with Crippen molar-refractivity contribution in [1.82, 2.24) is 0 Å². The fraction of sp³-hybridized carbons (Fsp3) is 0.0588. The standard InChI is InChI=1S/C17H9I3O5/c18-9-5-12(19)17(13(20)6-9)25-16(23)4-8-3-15(22)24-14-7-10(21)1-2-11(8)14/h1-3,5-7,21H,4H2. The second kappa shape index (κ2) is 7.78. The van der Waals surface area contributed by atoms with Crippen molar-refractivity contribution in [3.8, 4) is 11.5 Å². The van der Waals surface area contributed by atoms with E-state index in [1.165, 1.54) is 18.2 Å². The van der Waals surface area contributed by atoms with Crippen molar-refractivity contribution in [2.45, 2.75) is 6.42 Å². The summed E-state index contributed by atoms with van der Waals surface area (Å²) in [6.45, 7) is 0. The van der Waals surface area contributed by atoms with E-state index in [9.17, 15) is 14.7 Å². The lowest BCUT2D eigenvalue weighted by molar-refractivity contribution is -0.133. The maximum absolute atomic E-state index is 12.4. The zero-order valence-corrected chi connectivity index (χ0v) is 18.9. The van der Waals surface area contributed by atoms with Gasteiger partial charge in [-0.1, -0.05) is 0 Å². The van der Waals surface area contributed by atoms with E-state index >= 15 is 0 Å². The highest BCUT2D eigenvalue weighted by molar-refractivity contribution is 14.1. The second-order valence-electron chi connectivity index (χ2n) is 5.12. The highest BCUT2D eigenvalue weighted by Gasteiger charge is 2.16. The molecular weight excluding hydrogens is 665 g/mol. The van der Waals surface area contributed by atoms with E-state index in [1.54, 1.807) is 6.07 Å². The van der Waals surface area contributed by atoms with Crippen molar-refractivity contribution < 1.29 is 19.1 Å². The number of aromatic hydroxyl groups is 1. The van der Waals surface area contributed by atoms with Gasteiger partial charge < -0.3 is 14.3 Å². The number of rotatable bonds is 3. The Bertz CT molecular complexity index is 1020. The number of ether oxygens (including phenoxy) is 1. The molecule has 0 saturated carbocycles. The lowest BCUT2D eigenvalue weighted by Gasteiger charge is -2.10. The molecule has 128 valence electrons. The predicted octanol–water partition coefficient (Wildman–Crippen LogP) is 4.46. The van der Waals surface area contributed by atoms with Crippen LogP contribution in [0.5, 0.6) is 11.5 Å². The number of hydrogen-bond acceptors (Lipinski definition) is 5. The summed E-state index contributed by atoms with van der Waals surface area (Å²) >= 11 is 6.44. The molecule has 1 aromatic heterocycles. The molecule has 0 unspecified atom stereocenters. The van der Waals surface area contributed by atoms with Gasteiger partial charge in [0.15, 0.2) is 5.75 Å². The van der Waals surface area contributed by atoms with Gasteiger partial charge in [-0.3, -0.25) is 4.79 Å². The molecule has 0 saturated heterocycles. The first-order valence-corrected chi connectivity index (χ1v) is 10.2. The molecule has 5 nitrogen and oxygen atoms in total. The number of phenolic OH excluding ortho intramolecular Hbond substituents is 1. The van der Waals surface area contributed by atoms with Crippen LogP contribution in [0.15, 0.2) is 45.6 Å². The molecule has 0 aliphatic heterocycles. The zero-order valence-electron chi connectivity index (χ0n) is 12.4. The predicted molar refractivity (Wildman–Crippen MR) is 118 cm³/mol. The van der Waals surface area contributed by atoms with Crippen molar-refractivity contribution in [2.24, 2.45) is 0 Å². The summed E-state index contributed by atoms with van der Waals surface area (Å²) in [6, 6.07) is 9.53. The molecule has 0 aliphatic rings. The van der Waals surface area contributed by atoms with Crippen LogP contribution < -0.4 is 10.4 Å². The molecule has 0 bridgehead atoms. The van der Waals surface area contributed by atoms with E-state index in [2.05, 4.69) is 67.8 Å². The number of benzene rings is 2. The number of halogens is 3. The minimum atomic E-state index is -0.584. The minimum absolute atomic E-state index is 0.0154. The van der Waals surface area contributed by atoms with E-state index in [-0.39, 0.29) is 17.8 Å². The monoisotopic (exact) mass is 674 g/mol. The molecule has 0 fully saturated rings. The van der Waals surface area contributed by atoms with Crippen molar-refractivity contribution >= 4 is 84.7 Å². The smallest absolute Gasteiger partial charge is 0.336 e. The topological polar surface area (TPSA) is 76.7 Å². The van der Waals surface area contributed by atoms with Crippen LogP contribution >= 0.6 is 67.8 Å². The first kappa shape index (κ1) is 18.9. The third-order valence-corrected chi connectivity index (χ3v) is 5.55. The largest absolute Gasteiger partial charge is 0.508 e. The molecule has 0 radical (unpaired) electrons. The van der Waals surface area contributed by atoms with Gasteiger partial charge in [0.2, 0.25) is 0 Å². The van der Waals surface area contributed by atoms with Crippen LogP contribution in [0.1, 0.15) is 5.56 Å². The van der Waals surface area contributed by atoms with Crippen LogP contribution in [0.3, 0.4) is 0 Å². The van der Waals surface area contributed by atoms with Gasteiger partial charge in [0.25, 0.3) is 0 Å². The normalized spacial score (nSPS) is 10.8. The van der Waals surface area contributed by atoms with Crippen molar-refractivity contribution in [1.29, 1.82) is 0 Å². The first-order valence-electron chi connectivity index (χ1n) is 6.94. The minimum Gasteiger partial charge on any atom is -0.508 e. The van der Waals surface area contributed by atoms with Crippen LogP contribution in [0.2, 0.25) is 0 Å². The highest BCUT2D eigenvalue weighted by Crippen LogP contribution is 2.30. The molecule has 0 spiro atoms. The van der Waals surface area contributed by atoms with Crippen LogP contribution in [-0.2, 0) is 11.2 Å². The number of carbonyl (C=O) groups excluding carboxylic acids is 1. The van der Waals surface area contributed by atoms with Crippen LogP contribution in [0.4, 0.5) is 0 Å². The molecule has 3 rings (SSSR count). The Hall–Kier alpha value is -0.890. The van der Waals surface area contributed by atoms with Gasteiger partial charge in [-0.2, -0.15) is 0 Å². The molecular formula is C17H9I3O5. The zero-order chi connectivity index (χ0) is 18.1. The maximum Gasteiger partial charge on any atom is 0.336 e. The number of esters is 1. The SMILES string of the molecule is O=C(Cc1cc(=O)oc2cc(O)ccc12)Oc1c(I)cc(I)cc1I. The average molecular weight is 674 g/mol. The van der Waals surface area contributed by atoms with Crippen molar-refractivity contribution in [3.63, 3.8) is 0 Å². The van der Waals surface area contributed by atoms with Gasteiger partial charge in [0, 0.05) is 21.1 Å². The van der Waals surface area contributed by atoms with Crippen molar-refractivity contribution in [3.05, 3.63) is 63.1 Å². The van der Waals surface area contributed by atoms with Gasteiger partial charge >= 0.3 is 11.6 Å². The Morgan fingerprint density at radius 2 is 1.76 bits per heavy atom. The molecule has 0 atom stereocenters. The van der Waals surface area contributed by atoms with Gasteiger partial charge in [-0.05, 0) is 97.6 Å². The molecule has 1 N–H and O–H groups in total. The number of hydrogen-bond donors (Lipinski definition) is 1. The fourth-order valence-electron chi connectivity index (χ4n) is 2.30. The maximum atomic E-state index is 12.4. The molecule has 1 heterocycles. The van der Waals surface area contributed by atoms with Gasteiger partial charge in [-0.15, -0.1) is 0 Å². The molecule has 0 aliphatic carbocycles. The van der Waals surface area contributed by atoms with E-state index in [0.29, 0.717) is 16.7 Å². The quantitative estimate of drug-likeness (QED) is 0.193. The summed E-state index contributed by atoms with van der Waals surface area (Å²) in [7, 11) is 0. The second-order valence-corrected chi connectivity index (χ2v) is 8.69. The summed E-state index contributed by atoms with van der Waals surface area (Å²) in [5.41, 5.74) is 0.139. The number of carbonyl (C=O) groups is 1. The van der Waals surface area contributed by atoms with Gasteiger partial charge in [-0.25, -0.2) is 4.79 Å². The number of phenols is 1. The Balaban J connectivity index is 1.92. The highest BCUT2D eigenvalue weighted by atomic mass is 127. The summed E-state index contributed by atoms with van der Waals surface area (Å²) in [5.74, 6) is 0.0203. The summed E-state index contributed by atoms with van der Waals surface area (Å²) in [4.78, 5) is 24.1. The Kier molecular flexibility index (Phi) is 5.88. The van der Waals surface area contributed by atoms with Crippen LogP contribution in [0.25, 0.3) is 11.0 Å². The van der Waals surface area contributed by atoms with E-state index in [1.807, 2.05) is 12.1 Å². The number of fused-ring (bicyclic) bond motifs is 1. The van der Waals surface area contributed by atoms with E-state index in [0.717, 1.165) is 10.7 Å². The average Bonchev–Trinajstić information content (AvgIpc) is 2.50. The molecule has 0 amide bonds. The van der Waals surface area contributed by atoms with E-state index in [4.69, 9.17) is 9.15 Å². The lowest BCUT2D eigenvalue weighted by atomic mass is 10.1. The molecule has 2 aromatic carbocycles. The fourth-order valence-corrected chi connectivity index (χ4v) is 6.10. The summed E-state index contributed by atoms with van der Waals surface area (Å²) in [6.07, 6.45) is -0.0784. The Morgan fingerprint density at radius 3 is 2.44 bits per heavy atom. The summed E-state index contributed by atoms with van der Waals surface area (Å²) < 4.78 is 13.3. The molecule has 3 aromatic rings. The van der Waals surface area contributed by atoms with Crippen molar-refractivity contribution in [2.75, 3.05) is 0 Å². The van der Waals surface area contributed by atoms with Gasteiger partial charge in [0.05, 0.1) is 13.6 Å². The molecule has 8 heteroatoms. The first-order chi connectivity index (χ1) is 11.8. The van der Waals surface area contributed by atoms with Crippen LogP contribution in [-0.4, -0.2) is 11.1 Å². The summed E-state index contributed by atoms with van der Waals surface area (Å²) in [5, 5.41) is 10.1. The van der Waals surface area contributed by atoms with E-state index < -0.39 is 11.6 Å². The Labute approximate surface area is 183 Å². The third-order valence-electron chi connectivity index (χ3n) is 3.33. The van der Waals surface area contributed by atoms with Gasteiger partial charge in [0.1, 0.15) is 11.3 Å². The Morgan fingerprint density at radius 1 is 1.08 bits per heavy atom.